The summed E-state index contributed by atoms with van der Waals surface area (Å²) in [5, 5.41) is 4.18. The molecule has 5 heteroatoms. The molecule has 1 aromatic heterocycles. The van der Waals surface area contributed by atoms with E-state index < -0.39 is 0 Å². The first-order chi connectivity index (χ1) is 12.3. The van der Waals surface area contributed by atoms with Crippen LogP contribution in [0.2, 0.25) is 0 Å². The molecule has 4 nitrogen and oxygen atoms in total. The van der Waals surface area contributed by atoms with Crippen molar-refractivity contribution in [1.82, 2.24) is 10.1 Å². The second kappa shape index (κ2) is 7.07. The first kappa shape index (κ1) is 15.8. The Balaban J connectivity index is 1.34. The first-order valence-electron chi connectivity index (χ1n) is 8.52. The third-order valence-electron chi connectivity index (χ3n) is 4.57. The van der Waals surface area contributed by atoms with Gasteiger partial charge < -0.3 is 9.42 Å². The molecule has 0 spiro atoms. The number of nitrogens with zero attached hydrogens (tertiary/aromatic N) is 3. The standard InChI is InChI=1S/C20H20FN3O/c21-17-6-8-18(9-7-17)24-12-10-23(11-13-24)15-19-14-20(22-25-19)16-4-2-1-3-5-16/h1-9,14H,10-13,15H2. The van der Waals surface area contributed by atoms with Gasteiger partial charge in [0.25, 0.3) is 0 Å². The van der Waals surface area contributed by atoms with E-state index >= 15 is 0 Å². The van der Waals surface area contributed by atoms with Crippen molar-refractivity contribution >= 4 is 5.69 Å². The summed E-state index contributed by atoms with van der Waals surface area (Å²) in [5.41, 5.74) is 3.02. The Morgan fingerprint density at radius 2 is 1.64 bits per heavy atom. The maximum Gasteiger partial charge on any atom is 0.151 e. The molecule has 0 N–H and O–H groups in total. The number of rotatable bonds is 4. The van der Waals surface area contributed by atoms with Gasteiger partial charge in [0.05, 0.1) is 6.54 Å². The molecule has 0 saturated carbocycles. The van der Waals surface area contributed by atoms with E-state index in [1.807, 2.05) is 48.5 Å². The lowest BCUT2D eigenvalue weighted by Crippen LogP contribution is -2.45. The highest BCUT2D eigenvalue weighted by Crippen LogP contribution is 2.21. The molecule has 0 amide bonds. The zero-order valence-corrected chi connectivity index (χ0v) is 13.9. The van der Waals surface area contributed by atoms with E-state index in [0.29, 0.717) is 0 Å². The third kappa shape index (κ3) is 3.72. The Bertz CT molecular complexity index is 808. The summed E-state index contributed by atoms with van der Waals surface area (Å²) < 4.78 is 18.5. The van der Waals surface area contributed by atoms with Gasteiger partial charge in [-0.25, -0.2) is 4.39 Å². The second-order valence-corrected chi connectivity index (χ2v) is 6.28. The fourth-order valence-corrected chi connectivity index (χ4v) is 3.17. The highest BCUT2D eigenvalue weighted by molar-refractivity contribution is 5.58. The molecule has 2 heterocycles. The van der Waals surface area contributed by atoms with E-state index in [0.717, 1.165) is 55.4 Å². The minimum atomic E-state index is -0.193. The number of benzene rings is 2. The van der Waals surface area contributed by atoms with Gasteiger partial charge in [0.2, 0.25) is 0 Å². The molecular formula is C20H20FN3O. The lowest BCUT2D eigenvalue weighted by atomic mass is 10.1. The van der Waals surface area contributed by atoms with E-state index in [2.05, 4.69) is 15.0 Å². The summed E-state index contributed by atoms with van der Waals surface area (Å²) >= 11 is 0. The highest BCUT2D eigenvalue weighted by Gasteiger charge is 2.19. The Morgan fingerprint density at radius 3 is 2.36 bits per heavy atom. The summed E-state index contributed by atoms with van der Waals surface area (Å²) in [6.45, 7) is 4.49. The molecule has 3 aromatic rings. The Kier molecular flexibility index (Phi) is 4.48. The van der Waals surface area contributed by atoms with Crippen LogP contribution in [0.25, 0.3) is 11.3 Å². The largest absolute Gasteiger partial charge is 0.369 e. The van der Waals surface area contributed by atoms with Crippen molar-refractivity contribution in [3.63, 3.8) is 0 Å². The summed E-state index contributed by atoms with van der Waals surface area (Å²) in [6.07, 6.45) is 0. The number of aromatic nitrogens is 1. The number of hydrogen-bond acceptors (Lipinski definition) is 4. The van der Waals surface area contributed by atoms with Crippen molar-refractivity contribution in [2.75, 3.05) is 31.1 Å². The SMILES string of the molecule is Fc1ccc(N2CCN(Cc3cc(-c4ccccc4)no3)CC2)cc1. The smallest absolute Gasteiger partial charge is 0.151 e. The van der Waals surface area contributed by atoms with E-state index in [1.165, 1.54) is 12.1 Å². The Morgan fingerprint density at radius 1 is 0.920 bits per heavy atom. The molecule has 1 aliphatic rings. The monoisotopic (exact) mass is 337 g/mol. The molecule has 128 valence electrons. The molecule has 0 radical (unpaired) electrons. The van der Waals surface area contributed by atoms with E-state index in [9.17, 15) is 4.39 Å². The van der Waals surface area contributed by atoms with E-state index in [-0.39, 0.29) is 5.82 Å². The molecule has 4 rings (SSSR count). The van der Waals surface area contributed by atoms with Crippen LogP contribution in [0.4, 0.5) is 10.1 Å². The van der Waals surface area contributed by atoms with Crippen LogP contribution < -0.4 is 4.90 Å². The Hall–Kier alpha value is -2.66. The molecule has 2 aromatic carbocycles. The van der Waals surface area contributed by atoms with Gasteiger partial charge in [0, 0.05) is 43.5 Å². The lowest BCUT2D eigenvalue weighted by Gasteiger charge is -2.35. The number of anilines is 1. The van der Waals surface area contributed by atoms with Gasteiger partial charge in [0.15, 0.2) is 5.76 Å². The van der Waals surface area contributed by atoms with Gasteiger partial charge in [-0.3, -0.25) is 4.90 Å². The molecule has 1 fully saturated rings. The predicted octanol–water partition coefficient (Wildman–Crippen LogP) is 3.80. The first-order valence-corrected chi connectivity index (χ1v) is 8.52. The molecule has 1 saturated heterocycles. The van der Waals surface area contributed by atoms with Gasteiger partial charge in [-0.1, -0.05) is 35.5 Å². The van der Waals surface area contributed by atoms with Crippen molar-refractivity contribution in [1.29, 1.82) is 0 Å². The van der Waals surface area contributed by atoms with E-state index in [1.54, 1.807) is 0 Å². The fraction of sp³-hybridized carbons (Fsp3) is 0.250. The maximum absolute atomic E-state index is 13.0. The van der Waals surface area contributed by atoms with Crippen LogP contribution in [0, 0.1) is 5.82 Å². The van der Waals surface area contributed by atoms with Crippen molar-refractivity contribution in [3.05, 3.63) is 72.2 Å². The topological polar surface area (TPSA) is 32.5 Å². The summed E-state index contributed by atoms with van der Waals surface area (Å²) in [5.74, 6) is 0.691. The van der Waals surface area contributed by atoms with Crippen molar-refractivity contribution in [2.45, 2.75) is 6.54 Å². The van der Waals surface area contributed by atoms with Crippen LogP contribution in [0.1, 0.15) is 5.76 Å². The molecule has 25 heavy (non-hydrogen) atoms. The normalized spacial score (nSPS) is 15.5. The fourth-order valence-electron chi connectivity index (χ4n) is 3.17. The van der Waals surface area contributed by atoms with Crippen LogP contribution in [0.15, 0.2) is 65.2 Å². The average molecular weight is 337 g/mol. The van der Waals surface area contributed by atoms with Crippen LogP contribution in [-0.4, -0.2) is 36.2 Å². The van der Waals surface area contributed by atoms with Gasteiger partial charge in [-0.2, -0.15) is 0 Å². The average Bonchev–Trinajstić information content (AvgIpc) is 3.12. The minimum absolute atomic E-state index is 0.193. The molecule has 0 atom stereocenters. The summed E-state index contributed by atoms with van der Waals surface area (Å²) in [7, 11) is 0. The predicted molar refractivity (Wildman–Crippen MR) is 95.8 cm³/mol. The van der Waals surface area contributed by atoms with Crippen LogP contribution >= 0.6 is 0 Å². The summed E-state index contributed by atoms with van der Waals surface area (Å²) in [4.78, 5) is 4.64. The molecule has 0 aliphatic carbocycles. The van der Waals surface area contributed by atoms with Gasteiger partial charge in [0.1, 0.15) is 11.5 Å². The number of piperazine rings is 1. The lowest BCUT2D eigenvalue weighted by molar-refractivity contribution is 0.220. The molecule has 0 bridgehead atoms. The third-order valence-corrected chi connectivity index (χ3v) is 4.57. The zero-order chi connectivity index (χ0) is 17.1. The van der Waals surface area contributed by atoms with Crippen molar-refractivity contribution in [2.24, 2.45) is 0 Å². The summed E-state index contributed by atoms with van der Waals surface area (Å²) in [6, 6.07) is 18.8. The van der Waals surface area contributed by atoms with Gasteiger partial charge in [-0.15, -0.1) is 0 Å². The maximum atomic E-state index is 13.0. The van der Waals surface area contributed by atoms with Crippen LogP contribution in [0.3, 0.4) is 0 Å². The molecule has 0 unspecified atom stereocenters. The van der Waals surface area contributed by atoms with Crippen LogP contribution in [0.5, 0.6) is 0 Å². The van der Waals surface area contributed by atoms with Crippen LogP contribution in [-0.2, 0) is 6.54 Å². The van der Waals surface area contributed by atoms with Gasteiger partial charge in [-0.05, 0) is 24.3 Å². The van der Waals surface area contributed by atoms with Crippen molar-refractivity contribution in [3.8, 4) is 11.3 Å². The quantitative estimate of drug-likeness (QED) is 0.725. The number of hydrogen-bond donors (Lipinski definition) is 0. The number of halogens is 1. The highest BCUT2D eigenvalue weighted by atomic mass is 19.1. The second-order valence-electron chi connectivity index (χ2n) is 6.28. The zero-order valence-electron chi connectivity index (χ0n) is 13.9. The molecule has 1 aliphatic heterocycles. The Labute approximate surface area is 146 Å². The van der Waals surface area contributed by atoms with E-state index in [4.69, 9.17) is 4.52 Å². The van der Waals surface area contributed by atoms with Crippen molar-refractivity contribution < 1.29 is 8.91 Å². The molecular weight excluding hydrogens is 317 g/mol. The van der Waals surface area contributed by atoms with Gasteiger partial charge >= 0.3 is 0 Å². The minimum Gasteiger partial charge on any atom is -0.369 e.